The summed E-state index contributed by atoms with van der Waals surface area (Å²) in [4.78, 5) is 14.2. The molecule has 0 aliphatic heterocycles. The Morgan fingerprint density at radius 3 is 2.94 bits per heavy atom. The van der Waals surface area contributed by atoms with Crippen molar-refractivity contribution in [3.63, 3.8) is 0 Å². The summed E-state index contributed by atoms with van der Waals surface area (Å²) in [5.41, 5.74) is 8.22. The number of hydrogen-bond donors (Lipinski definition) is 1. The Kier molecular flexibility index (Phi) is 4.02. The van der Waals surface area contributed by atoms with Crippen molar-refractivity contribution in [3.8, 4) is 0 Å². The Morgan fingerprint density at radius 2 is 2.22 bits per heavy atom. The van der Waals surface area contributed by atoms with Gasteiger partial charge in [0.1, 0.15) is 0 Å². The van der Waals surface area contributed by atoms with Crippen molar-refractivity contribution in [1.82, 2.24) is 4.90 Å². The van der Waals surface area contributed by atoms with Gasteiger partial charge in [-0.1, -0.05) is 31.2 Å². The molecule has 2 N–H and O–H groups in total. The fraction of sp³-hybridized carbons (Fsp3) is 0.533. The quantitative estimate of drug-likeness (QED) is 0.884. The lowest BCUT2D eigenvalue weighted by Gasteiger charge is -2.28. The Hall–Kier alpha value is -1.35. The fourth-order valence-corrected chi connectivity index (χ4v) is 2.81. The molecule has 0 fully saturated rings. The third-order valence-corrected chi connectivity index (χ3v) is 3.94. The molecule has 1 aromatic rings. The Bertz CT molecular complexity index is 430. The predicted octanol–water partition coefficient (Wildman–Crippen LogP) is 2.12. The summed E-state index contributed by atoms with van der Waals surface area (Å²) in [7, 11) is 1.92. The lowest BCUT2D eigenvalue weighted by Crippen LogP contribution is -2.35. The largest absolute Gasteiger partial charge is 0.338 e. The van der Waals surface area contributed by atoms with Crippen LogP contribution >= 0.6 is 0 Å². The van der Waals surface area contributed by atoms with Gasteiger partial charge in [0.05, 0.1) is 6.04 Å². The summed E-state index contributed by atoms with van der Waals surface area (Å²) >= 11 is 0. The fourth-order valence-electron chi connectivity index (χ4n) is 2.81. The summed E-state index contributed by atoms with van der Waals surface area (Å²) < 4.78 is 0. The smallest absolute Gasteiger partial charge is 0.225 e. The molecule has 2 unspecified atom stereocenters. The molecule has 98 valence electrons. The number of hydrogen-bond acceptors (Lipinski definition) is 2. The molecule has 18 heavy (non-hydrogen) atoms. The van der Waals surface area contributed by atoms with Crippen LogP contribution in [0.4, 0.5) is 0 Å². The lowest BCUT2D eigenvalue weighted by atomic mass is 10.0. The molecule has 1 amide bonds. The van der Waals surface area contributed by atoms with E-state index in [1.165, 1.54) is 11.1 Å². The van der Waals surface area contributed by atoms with E-state index < -0.39 is 0 Å². The first kappa shape index (κ1) is 13.1. The molecule has 1 aromatic carbocycles. The summed E-state index contributed by atoms with van der Waals surface area (Å²) in [5.74, 6) is 0.231. The number of amides is 1. The van der Waals surface area contributed by atoms with Gasteiger partial charge in [-0.3, -0.25) is 4.79 Å². The van der Waals surface area contributed by atoms with Crippen LogP contribution in [0.1, 0.15) is 36.9 Å². The molecule has 3 nitrogen and oxygen atoms in total. The van der Waals surface area contributed by atoms with Gasteiger partial charge in [-0.2, -0.15) is 0 Å². The van der Waals surface area contributed by atoms with Gasteiger partial charge in [0.25, 0.3) is 0 Å². The highest BCUT2D eigenvalue weighted by molar-refractivity contribution is 5.78. The van der Waals surface area contributed by atoms with Crippen molar-refractivity contribution >= 4 is 5.91 Å². The van der Waals surface area contributed by atoms with E-state index in [4.69, 9.17) is 5.73 Å². The van der Waals surface area contributed by atoms with Gasteiger partial charge >= 0.3 is 0 Å². The maximum Gasteiger partial charge on any atom is 0.225 e. The van der Waals surface area contributed by atoms with Gasteiger partial charge in [-0.25, -0.2) is 0 Å². The van der Waals surface area contributed by atoms with E-state index in [2.05, 4.69) is 24.3 Å². The third kappa shape index (κ3) is 2.41. The first-order valence-electron chi connectivity index (χ1n) is 6.69. The summed E-state index contributed by atoms with van der Waals surface area (Å²) in [5, 5.41) is 0. The van der Waals surface area contributed by atoms with Gasteiger partial charge in [0, 0.05) is 13.0 Å². The molecule has 2 rings (SSSR count). The average Bonchev–Trinajstić information content (AvgIpc) is 2.81. The van der Waals surface area contributed by atoms with Crippen molar-refractivity contribution in [2.24, 2.45) is 11.7 Å². The van der Waals surface area contributed by atoms with Crippen LogP contribution in [0.3, 0.4) is 0 Å². The van der Waals surface area contributed by atoms with Crippen LogP contribution in [0, 0.1) is 5.92 Å². The Balaban J connectivity index is 2.11. The van der Waals surface area contributed by atoms with E-state index in [1.54, 1.807) is 0 Å². The molecule has 2 atom stereocenters. The van der Waals surface area contributed by atoms with Gasteiger partial charge in [0.2, 0.25) is 5.91 Å². The monoisotopic (exact) mass is 246 g/mol. The summed E-state index contributed by atoms with van der Waals surface area (Å²) in [6.07, 6.45) is 2.87. The zero-order valence-electron chi connectivity index (χ0n) is 11.2. The predicted molar refractivity (Wildman–Crippen MR) is 73.1 cm³/mol. The van der Waals surface area contributed by atoms with Crippen molar-refractivity contribution in [2.75, 3.05) is 13.6 Å². The van der Waals surface area contributed by atoms with Gasteiger partial charge < -0.3 is 10.6 Å². The molecule has 0 heterocycles. The molecule has 0 bridgehead atoms. The maximum absolute atomic E-state index is 12.3. The minimum Gasteiger partial charge on any atom is -0.338 e. The van der Waals surface area contributed by atoms with Crippen LogP contribution in [0.2, 0.25) is 0 Å². The highest BCUT2D eigenvalue weighted by Crippen LogP contribution is 2.35. The van der Waals surface area contributed by atoms with E-state index >= 15 is 0 Å². The average molecular weight is 246 g/mol. The number of carbonyl (C=O) groups excluding carboxylic acids is 1. The van der Waals surface area contributed by atoms with Crippen molar-refractivity contribution < 1.29 is 4.79 Å². The van der Waals surface area contributed by atoms with E-state index in [9.17, 15) is 4.79 Å². The van der Waals surface area contributed by atoms with E-state index in [1.807, 2.05) is 18.9 Å². The van der Waals surface area contributed by atoms with Crippen LogP contribution in [-0.4, -0.2) is 24.4 Å². The van der Waals surface area contributed by atoms with Crippen LogP contribution in [0.5, 0.6) is 0 Å². The first-order chi connectivity index (χ1) is 8.65. The zero-order valence-corrected chi connectivity index (χ0v) is 11.2. The highest BCUT2D eigenvalue weighted by Gasteiger charge is 2.29. The standard InChI is InChI=1S/C15H22N2O/c1-11(9-10-16)15(18)17(2)14-8-7-12-5-3-4-6-13(12)14/h3-6,11,14H,7-10,16H2,1-2H3. The molecule has 0 saturated carbocycles. The lowest BCUT2D eigenvalue weighted by molar-refractivity contribution is -0.136. The summed E-state index contributed by atoms with van der Waals surface area (Å²) in [6.45, 7) is 2.54. The maximum atomic E-state index is 12.3. The number of nitrogens with two attached hydrogens (primary N) is 1. The van der Waals surface area contributed by atoms with Gasteiger partial charge in [-0.15, -0.1) is 0 Å². The minimum atomic E-state index is 0.0211. The van der Waals surface area contributed by atoms with Gasteiger partial charge in [-0.05, 0) is 36.9 Å². The second-order valence-corrected chi connectivity index (χ2v) is 5.18. The topological polar surface area (TPSA) is 46.3 Å². The second kappa shape index (κ2) is 5.53. The molecule has 1 aliphatic rings. The number of nitrogens with zero attached hydrogens (tertiary/aromatic N) is 1. The van der Waals surface area contributed by atoms with Crippen LogP contribution < -0.4 is 5.73 Å². The van der Waals surface area contributed by atoms with Crippen molar-refractivity contribution in [2.45, 2.75) is 32.2 Å². The number of aryl methyl sites for hydroxylation is 1. The Morgan fingerprint density at radius 1 is 1.50 bits per heavy atom. The highest BCUT2D eigenvalue weighted by atomic mass is 16.2. The number of rotatable bonds is 4. The Labute approximate surface area is 109 Å². The third-order valence-electron chi connectivity index (χ3n) is 3.94. The van der Waals surface area contributed by atoms with Crippen LogP contribution in [-0.2, 0) is 11.2 Å². The normalized spacial score (nSPS) is 19.4. The van der Waals surface area contributed by atoms with Crippen LogP contribution in [0.15, 0.2) is 24.3 Å². The number of benzene rings is 1. The van der Waals surface area contributed by atoms with Crippen molar-refractivity contribution in [3.05, 3.63) is 35.4 Å². The van der Waals surface area contributed by atoms with E-state index in [-0.39, 0.29) is 17.9 Å². The SMILES string of the molecule is CC(CCN)C(=O)N(C)C1CCc2ccccc21. The number of fused-ring (bicyclic) bond motifs is 1. The molecule has 0 aromatic heterocycles. The molecule has 0 radical (unpaired) electrons. The van der Waals surface area contributed by atoms with E-state index in [0.29, 0.717) is 6.54 Å². The van der Waals surface area contributed by atoms with Crippen molar-refractivity contribution in [1.29, 1.82) is 0 Å². The van der Waals surface area contributed by atoms with E-state index in [0.717, 1.165) is 19.3 Å². The second-order valence-electron chi connectivity index (χ2n) is 5.18. The molecule has 0 saturated heterocycles. The summed E-state index contributed by atoms with van der Waals surface area (Å²) in [6, 6.07) is 8.68. The minimum absolute atomic E-state index is 0.0211. The molecular weight excluding hydrogens is 224 g/mol. The number of carbonyl (C=O) groups is 1. The molecule has 0 spiro atoms. The molecular formula is C15H22N2O. The first-order valence-corrected chi connectivity index (χ1v) is 6.69. The van der Waals surface area contributed by atoms with Crippen LogP contribution in [0.25, 0.3) is 0 Å². The zero-order chi connectivity index (χ0) is 13.1. The van der Waals surface area contributed by atoms with Gasteiger partial charge in [0.15, 0.2) is 0 Å². The molecule has 1 aliphatic carbocycles. The molecule has 3 heteroatoms.